The number of methoxy groups -OCH3 is 1. The number of esters is 2. The number of halogens is 1. The van der Waals surface area contributed by atoms with Crippen molar-refractivity contribution in [3.63, 3.8) is 0 Å². The lowest BCUT2D eigenvalue weighted by molar-refractivity contribution is 0.0474. The van der Waals surface area contributed by atoms with Crippen molar-refractivity contribution in [1.82, 2.24) is 0 Å². The Kier molecular flexibility index (Phi) is 5.65. The van der Waals surface area contributed by atoms with Crippen LogP contribution in [0.1, 0.15) is 31.1 Å². The largest absolute Gasteiger partial charge is 0.465 e. The Morgan fingerprint density at radius 3 is 1.83 bits per heavy atom. The van der Waals surface area contributed by atoms with Crippen LogP contribution in [0.3, 0.4) is 0 Å². The number of Topliss-reactive ketones (excluding diaryl/α,β-unsaturated/α-hetero) is 1. The maximum absolute atomic E-state index is 11.9. The molecule has 0 radical (unpaired) electrons. The van der Waals surface area contributed by atoms with Crippen molar-refractivity contribution in [3.8, 4) is 0 Å². The predicted molar refractivity (Wildman–Crippen MR) is 86.5 cm³/mol. The van der Waals surface area contributed by atoms with Gasteiger partial charge in [-0.15, -0.1) is 0 Å². The fourth-order valence-electron chi connectivity index (χ4n) is 1.79. The predicted octanol–water partition coefficient (Wildman–Crippen LogP) is 3.28. The molecule has 118 valence electrons. The maximum Gasteiger partial charge on any atom is 0.338 e. The van der Waals surface area contributed by atoms with Crippen molar-refractivity contribution < 1.29 is 23.9 Å². The van der Waals surface area contributed by atoms with E-state index < -0.39 is 11.9 Å². The molecule has 2 aromatic carbocycles. The third-order valence-corrected chi connectivity index (χ3v) is 3.57. The molecule has 0 amide bonds. The maximum atomic E-state index is 11.9. The molecule has 0 spiro atoms. The zero-order valence-electron chi connectivity index (χ0n) is 12.2. The molecule has 2 aromatic rings. The van der Waals surface area contributed by atoms with Gasteiger partial charge < -0.3 is 9.47 Å². The first-order chi connectivity index (χ1) is 11.0. The van der Waals surface area contributed by atoms with Crippen LogP contribution in [0.2, 0.25) is 0 Å². The summed E-state index contributed by atoms with van der Waals surface area (Å²) in [4.78, 5) is 35.1. The minimum Gasteiger partial charge on any atom is -0.465 e. The van der Waals surface area contributed by atoms with Gasteiger partial charge in [0.15, 0.2) is 12.4 Å². The summed E-state index contributed by atoms with van der Waals surface area (Å²) in [6.45, 7) is -0.348. The first-order valence-electron chi connectivity index (χ1n) is 6.65. The van der Waals surface area contributed by atoms with Gasteiger partial charge in [-0.3, -0.25) is 4.79 Å². The molecule has 0 aliphatic rings. The van der Waals surface area contributed by atoms with Crippen LogP contribution in [-0.2, 0) is 9.47 Å². The van der Waals surface area contributed by atoms with Crippen LogP contribution in [0, 0.1) is 0 Å². The molecule has 0 aliphatic heterocycles. The van der Waals surface area contributed by atoms with Gasteiger partial charge in [0, 0.05) is 10.0 Å². The molecule has 0 fully saturated rings. The van der Waals surface area contributed by atoms with E-state index in [1.54, 1.807) is 24.3 Å². The highest BCUT2D eigenvalue weighted by atomic mass is 79.9. The topological polar surface area (TPSA) is 69.7 Å². The van der Waals surface area contributed by atoms with Gasteiger partial charge in [0.05, 0.1) is 18.2 Å². The SMILES string of the molecule is COC(=O)c1ccc(C(=O)OCC(=O)c2ccc(Br)cc2)cc1. The van der Waals surface area contributed by atoms with Crippen LogP contribution in [0.4, 0.5) is 0 Å². The van der Waals surface area contributed by atoms with E-state index in [0.29, 0.717) is 11.1 Å². The van der Waals surface area contributed by atoms with E-state index in [1.165, 1.54) is 31.4 Å². The summed E-state index contributed by atoms with van der Waals surface area (Å²) in [5.41, 5.74) is 1.04. The fourth-order valence-corrected chi connectivity index (χ4v) is 2.06. The molecule has 0 atom stereocenters. The third kappa shape index (κ3) is 4.50. The van der Waals surface area contributed by atoms with Crippen LogP contribution in [-0.4, -0.2) is 31.4 Å². The molecule has 0 aromatic heterocycles. The van der Waals surface area contributed by atoms with Crippen molar-refractivity contribution >= 4 is 33.7 Å². The summed E-state index contributed by atoms with van der Waals surface area (Å²) in [7, 11) is 1.28. The molecule has 6 heteroatoms. The van der Waals surface area contributed by atoms with Crippen LogP contribution in [0.15, 0.2) is 53.0 Å². The molecule has 0 aliphatic carbocycles. The van der Waals surface area contributed by atoms with Gasteiger partial charge in [0.2, 0.25) is 0 Å². The van der Waals surface area contributed by atoms with Gasteiger partial charge in [-0.2, -0.15) is 0 Å². The number of benzene rings is 2. The van der Waals surface area contributed by atoms with E-state index >= 15 is 0 Å². The fraction of sp³-hybridized carbons (Fsp3) is 0.118. The summed E-state index contributed by atoms with van der Waals surface area (Å²) >= 11 is 3.28. The summed E-state index contributed by atoms with van der Waals surface area (Å²) in [5, 5.41) is 0. The Hall–Kier alpha value is -2.47. The molecule has 23 heavy (non-hydrogen) atoms. The minimum atomic E-state index is -0.633. The number of hydrogen-bond donors (Lipinski definition) is 0. The average molecular weight is 377 g/mol. The number of rotatable bonds is 5. The first kappa shape index (κ1) is 16.9. The van der Waals surface area contributed by atoms with Crippen molar-refractivity contribution in [2.24, 2.45) is 0 Å². The minimum absolute atomic E-state index is 0.251. The molecule has 0 unspecified atom stereocenters. The summed E-state index contributed by atoms with van der Waals surface area (Å²) in [6, 6.07) is 12.6. The Bertz CT molecular complexity index is 720. The van der Waals surface area contributed by atoms with Crippen LogP contribution in [0.5, 0.6) is 0 Å². The smallest absolute Gasteiger partial charge is 0.338 e. The average Bonchev–Trinajstić information content (AvgIpc) is 2.59. The summed E-state index contributed by atoms with van der Waals surface area (Å²) < 4.78 is 10.4. The lowest BCUT2D eigenvalue weighted by atomic mass is 10.1. The Morgan fingerprint density at radius 2 is 1.30 bits per heavy atom. The van der Waals surface area contributed by atoms with Crippen molar-refractivity contribution in [3.05, 3.63) is 69.7 Å². The Labute approximate surface area is 141 Å². The third-order valence-electron chi connectivity index (χ3n) is 3.04. The Morgan fingerprint density at radius 1 is 0.826 bits per heavy atom. The quantitative estimate of drug-likeness (QED) is 0.591. The number of carbonyl (C=O) groups excluding carboxylic acids is 3. The highest BCUT2D eigenvalue weighted by molar-refractivity contribution is 9.10. The van der Waals surface area contributed by atoms with Crippen LogP contribution in [0.25, 0.3) is 0 Å². The van der Waals surface area contributed by atoms with E-state index in [4.69, 9.17) is 4.74 Å². The van der Waals surface area contributed by atoms with Gasteiger partial charge in [-0.05, 0) is 36.4 Å². The van der Waals surface area contributed by atoms with E-state index in [9.17, 15) is 14.4 Å². The van der Waals surface area contributed by atoms with E-state index in [-0.39, 0.29) is 18.0 Å². The van der Waals surface area contributed by atoms with Crippen LogP contribution >= 0.6 is 15.9 Å². The Balaban J connectivity index is 1.95. The lowest BCUT2D eigenvalue weighted by Crippen LogP contribution is -2.14. The number of hydrogen-bond acceptors (Lipinski definition) is 5. The van der Waals surface area contributed by atoms with Gasteiger partial charge in [0.1, 0.15) is 0 Å². The zero-order valence-corrected chi connectivity index (χ0v) is 13.8. The van der Waals surface area contributed by atoms with E-state index in [2.05, 4.69) is 20.7 Å². The lowest BCUT2D eigenvalue weighted by Gasteiger charge is -2.05. The molecule has 5 nitrogen and oxygen atoms in total. The monoisotopic (exact) mass is 376 g/mol. The second-order valence-corrected chi connectivity index (χ2v) is 5.49. The number of ketones is 1. The number of ether oxygens (including phenoxy) is 2. The molecule has 0 saturated heterocycles. The second-order valence-electron chi connectivity index (χ2n) is 4.58. The molecular formula is C17H13BrO5. The van der Waals surface area contributed by atoms with Crippen LogP contribution < -0.4 is 0 Å². The number of carbonyl (C=O) groups is 3. The van der Waals surface area contributed by atoms with E-state index in [1.807, 2.05) is 0 Å². The molecule has 0 N–H and O–H groups in total. The molecule has 0 heterocycles. The van der Waals surface area contributed by atoms with Crippen molar-refractivity contribution in [2.45, 2.75) is 0 Å². The summed E-state index contributed by atoms with van der Waals surface area (Å²) in [6.07, 6.45) is 0. The van der Waals surface area contributed by atoms with Crippen molar-refractivity contribution in [2.75, 3.05) is 13.7 Å². The highest BCUT2D eigenvalue weighted by Gasteiger charge is 2.13. The zero-order chi connectivity index (χ0) is 16.8. The second kappa shape index (κ2) is 7.69. The van der Waals surface area contributed by atoms with E-state index in [0.717, 1.165) is 4.47 Å². The van der Waals surface area contributed by atoms with Gasteiger partial charge >= 0.3 is 11.9 Å². The molecule has 0 saturated carbocycles. The van der Waals surface area contributed by atoms with Crippen molar-refractivity contribution in [1.29, 1.82) is 0 Å². The molecule has 2 rings (SSSR count). The van der Waals surface area contributed by atoms with Gasteiger partial charge in [0.25, 0.3) is 0 Å². The van der Waals surface area contributed by atoms with Gasteiger partial charge in [-0.25, -0.2) is 9.59 Å². The first-order valence-corrected chi connectivity index (χ1v) is 7.45. The highest BCUT2D eigenvalue weighted by Crippen LogP contribution is 2.12. The van der Waals surface area contributed by atoms with Gasteiger partial charge in [-0.1, -0.05) is 28.1 Å². The summed E-state index contributed by atoms with van der Waals surface area (Å²) in [5.74, 6) is -1.42. The normalized spacial score (nSPS) is 10.0. The molecule has 0 bridgehead atoms. The standard InChI is InChI=1S/C17H13BrO5/c1-22-16(20)12-2-4-13(5-3-12)17(21)23-10-15(19)11-6-8-14(18)9-7-11/h2-9H,10H2,1H3. The molecular weight excluding hydrogens is 364 g/mol.